The summed E-state index contributed by atoms with van der Waals surface area (Å²) in [5.41, 5.74) is 2.06. The van der Waals surface area contributed by atoms with Crippen LogP contribution >= 0.6 is 0 Å². The third kappa shape index (κ3) is 4.85. The molecule has 4 nitrogen and oxygen atoms in total. The van der Waals surface area contributed by atoms with Crippen LogP contribution in [0.25, 0.3) is 0 Å². The first-order valence-electron chi connectivity index (χ1n) is 7.39. The minimum Gasteiger partial charge on any atom is -0.380 e. The number of amides is 1. The molecule has 1 aromatic carbocycles. The third-order valence-electron chi connectivity index (χ3n) is 3.66. The van der Waals surface area contributed by atoms with Gasteiger partial charge < -0.3 is 15.4 Å². The van der Waals surface area contributed by atoms with Crippen molar-refractivity contribution < 1.29 is 9.53 Å². The zero-order chi connectivity index (χ0) is 14.2. The van der Waals surface area contributed by atoms with Crippen LogP contribution in [0.3, 0.4) is 0 Å². The van der Waals surface area contributed by atoms with Crippen LogP contribution in [0.15, 0.2) is 24.3 Å². The number of methoxy groups -OCH3 is 1. The van der Waals surface area contributed by atoms with E-state index in [4.69, 9.17) is 4.74 Å². The van der Waals surface area contributed by atoms with Crippen molar-refractivity contribution in [1.82, 2.24) is 5.32 Å². The first-order valence-corrected chi connectivity index (χ1v) is 7.39. The zero-order valence-corrected chi connectivity index (χ0v) is 12.2. The molecule has 20 heavy (non-hydrogen) atoms. The van der Waals surface area contributed by atoms with Gasteiger partial charge in [0.05, 0.1) is 13.2 Å². The summed E-state index contributed by atoms with van der Waals surface area (Å²) in [5, 5.41) is 6.27. The van der Waals surface area contributed by atoms with E-state index < -0.39 is 0 Å². The Morgan fingerprint density at radius 1 is 1.30 bits per heavy atom. The Morgan fingerprint density at radius 3 is 2.85 bits per heavy atom. The van der Waals surface area contributed by atoms with Gasteiger partial charge >= 0.3 is 0 Å². The molecular weight excluding hydrogens is 252 g/mol. The average Bonchev–Trinajstić information content (AvgIpc) is 2.47. The van der Waals surface area contributed by atoms with Gasteiger partial charge in [-0.05, 0) is 30.5 Å². The van der Waals surface area contributed by atoms with E-state index in [1.165, 1.54) is 19.3 Å². The lowest BCUT2D eigenvalue weighted by molar-refractivity contribution is -0.120. The number of benzene rings is 1. The summed E-state index contributed by atoms with van der Waals surface area (Å²) >= 11 is 0. The van der Waals surface area contributed by atoms with Crippen molar-refractivity contribution in [3.05, 3.63) is 29.8 Å². The van der Waals surface area contributed by atoms with Crippen LogP contribution < -0.4 is 10.6 Å². The van der Waals surface area contributed by atoms with E-state index >= 15 is 0 Å². The van der Waals surface area contributed by atoms with Crippen molar-refractivity contribution in [2.45, 2.75) is 44.8 Å². The van der Waals surface area contributed by atoms with Crippen LogP contribution in [0.2, 0.25) is 0 Å². The second-order valence-corrected chi connectivity index (χ2v) is 5.39. The molecule has 0 aliphatic heterocycles. The summed E-state index contributed by atoms with van der Waals surface area (Å²) in [5.74, 6) is 0.0778. The van der Waals surface area contributed by atoms with E-state index in [0.29, 0.717) is 19.2 Å². The Bertz CT molecular complexity index is 428. The van der Waals surface area contributed by atoms with Crippen LogP contribution in [0.1, 0.15) is 37.7 Å². The maximum atomic E-state index is 11.9. The number of anilines is 1. The first kappa shape index (κ1) is 14.9. The quantitative estimate of drug-likeness (QED) is 0.840. The van der Waals surface area contributed by atoms with Crippen LogP contribution in [-0.2, 0) is 16.1 Å². The second kappa shape index (κ2) is 7.90. The van der Waals surface area contributed by atoms with Gasteiger partial charge in [-0.2, -0.15) is 0 Å². The number of hydrogen-bond donors (Lipinski definition) is 2. The Hall–Kier alpha value is -1.55. The van der Waals surface area contributed by atoms with Crippen molar-refractivity contribution >= 4 is 11.6 Å². The Morgan fingerprint density at radius 2 is 2.10 bits per heavy atom. The molecule has 0 radical (unpaired) electrons. The average molecular weight is 276 g/mol. The molecule has 0 saturated heterocycles. The lowest BCUT2D eigenvalue weighted by Gasteiger charge is -2.22. The highest BCUT2D eigenvalue weighted by Gasteiger charge is 2.15. The van der Waals surface area contributed by atoms with E-state index in [1.54, 1.807) is 7.11 Å². The standard InChI is InChI=1S/C16H24N2O2/c1-20-12-13-6-5-9-15(10-13)17-11-16(19)18-14-7-3-2-4-8-14/h5-6,9-10,14,17H,2-4,7-8,11-12H2,1H3,(H,18,19). The molecule has 0 heterocycles. The van der Waals surface area contributed by atoms with Gasteiger partial charge in [-0.25, -0.2) is 0 Å². The molecule has 0 atom stereocenters. The normalized spacial score (nSPS) is 15.8. The largest absolute Gasteiger partial charge is 0.380 e. The molecule has 1 aliphatic rings. The lowest BCUT2D eigenvalue weighted by Crippen LogP contribution is -2.39. The van der Waals surface area contributed by atoms with Gasteiger partial charge in [-0.1, -0.05) is 31.4 Å². The highest BCUT2D eigenvalue weighted by atomic mass is 16.5. The number of nitrogens with one attached hydrogen (secondary N) is 2. The predicted octanol–water partition coefficient (Wildman–Crippen LogP) is 2.69. The van der Waals surface area contributed by atoms with Crippen molar-refractivity contribution in [2.24, 2.45) is 0 Å². The molecule has 0 unspecified atom stereocenters. The van der Waals surface area contributed by atoms with Crippen LogP contribution in [0, 0.1) is 0 Å². The molecule has 1 fully saturated rings. The van der Waals surface area contributed by atoms with Crippen molar-refractivity contribution in [2.75, 3.05) is 19.0 Å². The van der Waals surface area contributed by atoms with Crippen LogP contribution in [0.4, 0.5) is 5.69 Å². The molecule has 1 amide bonds. The lowest BCUT2D eigenvalue weighted by atomic mass is 9.95. The number of hydrogen-bond acceptors (Lipinski definition) is 3. The molecule has 1 aliphatic carbocycles. The Kier molecular flexibility index (Phi) is 5.87. The third-order valence-corrected chi connectivity index (χ3v) is 3.66. The summed E-state index contributed by atoms with van der Waals surface area (Å²) in [6, 6.07) is 8.33. The highest BCUT2D eigenvalue weighted by molar-refractivity contribution is 5.81. The Balaban J connectivity index is 1.76. The molecule has 2 rings (SSSR count). The number of carbonyl (C=O) groups is 1. The maximum Gasteiger partial charge on any atom is 0.239 e. The van der Waals surface area contributed by atoms with Crippen molar-refractivity contribution in [1.29, 1.82) is 0 Å². The van der Waals surface area contributed by atoms with Crippen molar-refractivity contribution in [3.63, 3.8) is 0 Å². The molecule has 0 aromatic heterocycles. The van der Waals surface area contributed by atoms with Crippen molar-refractivity contribution in [3.8, 4) is 0 Å². The number of ether oxygens (including phenoxy) is 1. The summed E-state index contributed by atoms with van der Waals surface area (Å²) in [6.07, 6.45) is 6.01. The number of rotatable bonds is 6. The van der Waals surface area contributed by atoms with Gasteiger partial charge in [0, 0.05) is 18.8 Å². The van der Waals surface area contributed by atoms with E-state index in [0.717, 1.165) is 24.1 Å². The molecule has 1 saturated carbocycles. The van der Waals surface area contributed by atoms with Gasteiger partial charge in [0.2, 0.25) is 5.91 Å². The second-order valence-electron chi connectivity index (χ2n) is 5.39. The maximum absolute atomic E-state index is 11.9. The molecule has 110 valence electrons. The van der Waals surface area contributed by atoms with Crippen LogP contribution in [0.5, 0.6) is 0 Å². The fourth-order valence-electron chi connectivity index (χ4n) is 2.65. The fraction of sp³-hybridized carbons (Fsp3) is 0.562. The van der Waals surface area contributed by atoms with E-state index in [1.807, 2.05) is 24.3 Å². The Labute approximate surface area is 120 Å². The molecule has 2 N–H and O–H groups in total. The van der Waals surface area contributed by atoms with Crippen LogP contribution in [-0.4, -0.2) is 25.6 Å². The highest BCUT2D eigenvalue weighted by Crippen LogP contribution is 2.17. The summed E-state index contributed by atoms with van der Waals surface area (Å²) < 4.78 is 5.10. The number of carbonyl (C=O) groups excluding carboxylic acids is 1. The van der Waals surface area contributed by atoms with Gasteiger partial charge in [0.15, 0.2) is 0 Å². The fourth-order valence-corrected chi connectivity index (χ4v) is 2.65. The van der Waals surface area contributed by atoms with Gasteiger partial charge in [0.1, 0.15) is 0 Å². The molecular formula is C16H24N2O2. The summed E-state index contributed by atoms with van der Waals surface area (Å²) in [6.45, 7) is 0.913. The SMILES string of the molecule is COCc1cccc(NCC(=O)NC2CCCCC2)c1. The molecule has 0 bridgehead atoms. The zero-order valence-electron chi connectivity index (χ0n) is 12.2. The predicted molar refractivity (Wildman–Crippen MR) is 80.7 cm³/mol. The molecule has 0 spiro atoms. The molecule has 1 aromatic rings. The minimum atomic E-state index is 0.0778. The minimum absolute atomic E-state index is 0.0778. The summed E-state index contributed by atoms with van der Waals surface area (Å²) in [7, 11) is 1.68. The van der Waals surface area contributed by atoms with E-state index in [9.17, 15) is 4.79 Å². The van der Waals surface area contributed by atoms with E-state index in [-0.39, 0.29) is 5.91 Å². The molecule has 4 heteroatoms. The van der Waals surface area contributed by atoms with E-state index in [2.05, 4.69) is 10.6 Å². The van der Waals surface area contributed by atoms with Gasteiger partial charge in [-0.3, -0.25) is 4.79 Å². The smallest absolute Gasteiger partial charge is 0.239 e. The first-order chi connectivity index (χ1) is 9.78. The summed E-state index contributed by atoms with van der Waals surface area (Å²) in [4.78, 5) is 11.9. The monoisotopic (exact) mass is 276 g/mol. The van der Waals surface area contributed by atoms with Gasteiger partial charge in [0.25, 0.3) is 0 Å². The topological polar surface area (TPSA) is 50.4 Å². The van der Waals surface area contributed by atoms with Gasteiger partial charge in [-0.15, -0.1) is 0 Å².